The number of piperidine rings is 1. The average molecular weight is 374 g/mol. The summed E-state index contributed by atoms with van der Waals surface area (Å²) in [5, 5.41) is 17.4. The summed E-state index contributed by atoms with van der Waals surface area (Å²) in [5.41, 5.74) is 0.413. The Hall–Kier alpha value is -2.61. The van der Waals surface area contributed by atoms with E-state index in [2.05, 4.69) is 10.2 Å². The molecule has 1 fully saturated rings. The maximum absolute atomic E-state index is 12.9. The van der Waals surface area contributed by atoms with Crippen molar-refractivity contribution in [2.24, 2.45) is 7.05 Å². The summed E-state index contributed by atoms with van der Waals surface area (Å²) < 4.78 is 14.7. The van der Waals surface area contributed by atoms with Crippen LogP contribution in [0, 0.1) is 5.82 Å². The smallest absolute Gasteiger partial charge is 0.223 e. The Balaban J connectivity index is 1.57. The minimum absolute atomic E-state index is 0.0632. The van der Waals surface area contributed by atoms with E-state index in [-0.39, 0.29) is 37.1 Å². The molecule has 8 heteroatoms. The lowest BCUT2D eigenvalue weighted by molar-refractivity contribution is -0.132. The number of hydrogen-bond donors (Lipinski definition) is 1. The van der Waals surface area contributed by atoms with E-state index in [0.29, 0.717) is 24.5 Å². The third-order valence-corrected chi connectivity index (χ3v) is 5.01. The summed E-state index contributed by atoms with van der Waals surface area (Å²) in [6, 6.07) is 5.36. The Morgan fingerprint density at radius 3 is 2.63 bits per heavy atom. The van der Waals surface area contributed by atoms with Crippen LogP contribution >= 0.6 is 0 Å². The molecule has 1 atom stereocenters. The quantitative estimate of drug-likeness (QED) is 0.779. The molecule has 7 nitrogen and oxygen atoms in total. The highest BCUT2D eigenvalue weighted by atomic mass is 19.1. The van der Waals surface area contributed by atoms with Gasteiger partial charge in [0.05, 0.1) is 0 Å². The van der Waals surface area contributed by atoms with E-state index in [1.165, 1.54) is 24.3 Å². The molecule has 1 amide bonds. The van der Waals surface area contributed by atoms with Gasteiger partial charge in [0.2, 0.25) is 5.91 Å². The van der Waals surface area contributed by atoms with Crippen molar-refractivity contribution in [2.75, 3.05) is 13.1 Å². The number of Topliss-reactive ketones (excluding diaryl/α,β-unsaturated/α-hetero) is 1. The van der Waals surface area contributed by atoms with Gasteiger partial charge >= 0.3 is 0 Å². The van der Waals surface area contributed by atoms with Gasteiger partial charge in [-0.05, 0) is 37.1 Å². The van der Waals surface area contributed by atoms with Crippen molar-refractivity contribution in [2.45, 2.75) is 38.2 Å². The Labute approximate surface area is 156 Å². The summed E-state index contributed by atoms with van der Waals surface area (Å²) in [4.78, 5) is 26.5. The van der Waals surface area contributed by atoms with Crippen molar-refractivity contribution < 1.29 is 19.1 Å². The van der Waals surface area contributed by atoms with E-state index in [1.54, 1.807) is 9.47 Å². The number of halogens is 1. The molecular weight excluding hydrogens is 351 g/mol. The van der Waals surface area contributed by atoms with Crippen molar-refractivity contribution >= 4 is 11.7 Å². The van der Waals surface area contributed by atoms with Crippen LogP contribution < -0.4 is 0 Å². The molecule has 0 spiro atoms. The molecule has 27 heavy (non-hydrogen) atoms. The van der Waals surface area contributed by atoms with Gasteiger partial charge < -0.3 is 14.6 Å². The summed E-state index contributed by atoms with van der Waals surface area (Å²) in [7, 11) is 1.81. The molecule has 1 aliphatic heterocycles. The number of nitrogens with zero attached hydrogens (tertiary/aromatic N) is 4. The highest BCUT2D eigenvalue weighted by Crippen LogP contribution is 2.26. The number of hydrogen-bond acceptors (Lipinski definition) is 5. The van der Waals surface area contributed by atoms with Gasteiger partial charge in [0.15, 0.2) is 11.6 Å². The van der Waals surface area contributed by atoms with E-state index in [0.717, 1.165) is 18.7 Å². The highest BCUT2D eigenvalue weighted by Gasteiger charge is 2.28. The van der Waals surface area contributed by atoms with Gasteiger partial charge in [-0.3, -0.25) is 9.59 Å². The van der Waals surface area contributed by atoms with E-state index < -0.39 is 5.82 Å². The molecule has 2 aromatic rings. The summed E-state index contributed by atoms with van der Waals surface area (Å²) in [6.45, 7) is 1.01. The Bertz CT molecular complexity index is 819. The number of amides is 1. The SMILES string of the molecule is Cn1c(CO)nnc1C1CCCN(C(=O)CCC(=O)c2ccc(F)cc2)C1. The van der Waals surface area contributed by atoms with E-state index in [1.807, 2.05) is 7.05 Å². The van der Waals surface area contributed by atoms with Crippen LogP contribution in [0.3, 0.4) is 0 Å². The number of aliphatic hydroxyl groups excluding tert-OH is 1. The van der Waals surface area contributed by atoms with Crippen molar-refractivity contribution in [3.63, 3.8) is 0 Å². The third kappa shape index (κ3) is 4.39. The van der Waals surface area contributed by atoms with Crippen molar-refractivity contribution in [3.05, 3.63) is 47.3 Å². The molecule has 0 bridgehead atoms. The Morgan fingerprint density at radius 2 is 1.96 bits per heavy atom. The zero-order valence-electron chi connectivity index (χ0n) is 15.3. The van der Waals surface area contributed by atoms with Gasteiger partial charge in [0, 0.05) is 44.5 Å². The van der Waals surface area contributed by atoms with Crippen LogP contribution in [0.2, 0.25) is 0 Å². The lowest BCUT2D eigenvalue weighted by Gasteiger charge is -2.32. The van der Waals surface area contributed by atoms with Crippen LogP contribution in [0.25, 0.3) is 0 Å². The second-order valence-electron chi connectivity index (χ2n) is 6.80. The zero-order chi connectivity index (χ0) is 19.4. The number of carbonyl (C=O) groups is 2. The molecule has 1 aromatic carbocycles. The van der Waals surface area contributed by atoms with Crippen LogP contribution in [0.4, 0.5) is 4.39 Å². The van der Waals surface area contributed by atoms with Crippen LogP contribution in [0.1, 0.15) is 53.6 Å². The van der Waals surface area contributed by atoms with E-state index >= 15 is 0 Å². The number of aliphatic hydroxyl groups is 1. The molecule has 3 rings (SSSR count). The average Bonchev–Trinajstić information content (AvgIpc) is 3.07. The van der Waals surface area contributed by atoms with E-state index in [4.69, 9.17) is 0 Å². The Morgan fingerprint density at radius 1 is 1.22 bits per heavy atom. The van der Waals surface area contributed by atoms with Crippen LogP contribution in [-0.2, 0) is 18.4 Å². The van der Waals surface area contributed by atoms with Crippen molar-refractivity contribution in [1.29, 1.82) is 0 Å². The molecule has 2 heterocycles. The van der Waals surface area contributed by atoms with Gasteiger partial charge in [-0.2, -0.15) is 0 Å². The fourth-order valence-corrected chi connectivity index (χ4v) is 3.44. The first-order chi connectivity index (χ1) is 13.0. The third-order valence-electron chi connectivity index (χ3n) is 5.01. The largest absolute Gasteiger partial charge is 0.388 e. The number of rotatable bonds is 6. The number of ketones is 1. The monoisotopic (exact) mass is 374 g/mol. The van der Waals surface area contributed by atoms with Crippen LogP contribution in [-0.4, -0.2) is 49.6 Å². The first-order valence-corrected chi connectivity index (χ1v) is 9.05. The predicted octanol–water partition coefficient (Wildman–Crippen LogP) is 1.82. The standard InChI is InChI=1S/C19H23FN4O3/c1-23-17(12-25)21-22-19(23)14-3-2-10-24(11-14)18(27)9-8-16(26)13-4-6-15(20)7-5-13/h4-7,14,25H,2-3,8-12H2,1H3. The number of carbonyl (C=O) groups excluding carboxylic acids is 2. The van der Waals surface area contributed by atoms with Crippen LogP contribution in [0.5, 0.6) is 0 Å². The van der Waals surface area contributed by atoms with Gasteiger partial charge in [-0.25, -0.2) is 4.39 Å². The molecule has 1 aliphatic rings. The van der Waals surface area contributed by atoms with Crippen LogP contribution in [0.15, 0.2) is 24.3 Å². The lowest BCUT2D eigenvalue weighted by Crippen LogP contribution is -2.39. The van der Waals surface area contributed by atoms with E-state index in [9.17, 15) is 19.1 Å². The lowest BCUT2D eigenvalue weighted by atomic mass is 9.96. The maximum atomic E-state index is 12.9. The summed E-state index contributed by atoms with van der Waals surface area (Å²) in [6.07, 6.45) is 1.98. The molecule has 1 saturated heterocycles. The second kappa shape index (κ2) is 8.39. The fraction of sp³-hybridized carbons (Fsp3) is 0.474. The Kier molecular flexibility index (Phi) is 5.95. The molecule has 1 unspecified atom stereocenters. The normalized spacial score (nSPS) is 17.1. The van der Waals surface area contributed by atoms with Crippen molar-refractivity contribution in [1.82, 2.24) is 19.7 Å². The minimum atomic E-state index is -0.393. The fourth-order valence-electron chi connectivity index (χ4n) is 3.44. The summed E-state index contributed by atoms with van der Waals surface area (Å²) in [5.74, 6) is 0.693. The molecule has 0 saturated carbocycles. The van der Waals surface area contributed by atoms with Gasteiger partial charge in [-0.15, -0.1) is 10.2 Å². The van der Waals surface area contributed by atoms with Gasteiger partial charge in [0.25, 0.3) is 0 Å². The predicted molar refractivity (Wildman–Crippen MR) is 95.4 cm³/mol. The first kappa shape index (κ1) is 19.2. The van der Waals surface area contributed by atoms with Crippen molar-refractivity contribution in [3.8, 4) is 0 Å². The minimum Gasteiger partial charge on any atom is -0.388 e. The molecule has 1 aromatic heterocycles. The highest BCUT2D eigenvalue weighted by molar-refractivity contribution is 5.97. The molecule has 1 N–H and O–H groups in total. The maximum Gasteiger partial charge on any atom is 0.223 e. The molecular formula is C19H23FN4O3. The number of aromatic nitrogens is 3. The molecule has 144 valence electrons. The second-order valence-corrected chi connectivity index (χ2v) is 6.80. The molecule has 0 radical (unpaired) electrons. The number of benzene rings is 1. The topological polar surface area (TPSA) is 88.3 Å². The summed E-state index contributed by atoms with van der Waals surface area (Å²) >= 11 is 0. The zero-order valence-corrected chi connectivity index (χ0v) is 15.3. The van der Waals surface area contributed by atoms with Gasteiger partial charge in [-0.1, -0.05) is 0 Å². The first-order valence-electron chi connectivity index (χ1n) is 9.05. The van der Waals surface area contributed by atoms with Gasteiger partial charge in [0.1, 0.15) is 18.2 Å². The number of likely N-dealkylation sites (tertiary alicyclic amines) is 1. The molecule has 0 aliphatic carbocycles.